The van der Waals surface area contributed by atoms with E-state index >= 15 is 0 Å². The highest BCUT2D eigenvalue weighted by Gasteiger charge is 2.60. The van der Waals surface area contributed by atoms with Crippen LogP contribution in [0, 0.1) is 0 Å². The van der Waals surface area contributed by atoms with E-state index in [0.29, 0.717) is 15.7 Å². The molecule has 1 heterocycles. The average molecular weight is 332 g/mol. The van der Waals surface area contributed by atoms with E-state index in [9.17, 15) is 18.0 Å². The Balaban J connectivity index is 2.09. The van der Waals surface area contributed by atoms with Crippen molar-refractivity contribution >= 4 is 44.8 Å². The third-order valence-corrected chi connectivity index (χ3v) is 5.88. The van der Waals surface area contributed by atoms with Gasteiger partial charge in [-0.15, -0.1) is 0 Å². The number of benzene rings is 1. The van der Waals surface area contributed by atoms with Crippen molar-refractivity contribution in [1.29, 1.82) is 0 Å². The lowest BCUT2D eigenvalue weighted by atomic mass is 10.2. The van der Waals surface area contributed by atoms with Crippen LogP contribution in [0.3, 0.4) is 0 Å². The summed E-state index contributed by atoms with van der Waals surface area (Å²) in [6.45, 7) is 2.02. The van der Waals surface area contributed by atoms with Crippen molar-refractivity contribution in [2.24, 2.45) is 0 Å². The van der Waals surface area contributed by atoms with E-state index < -0.39 is 33.1 Å². The zero-order valence-corrected chi connectivity index (χ0v) is 13.0. The number of carbonyl (C=O) groups is 2. The quantitative estimate of drug-likeness (QED) is 0.796. The highest BCUT2D eigenvalue weighted by molar-refractivity contribution is 7.94. The van der Waals surface area contributed by atoms with Crippen molar-refractivity contribution in [2.45, 2.75) is 18.6 Å². The number of hydrogen-bond donors (Lipinski definition) is 2. The standard InChI is InChI=1S/C12H14ClN3O4S/c1-12(2)11(18)16(21(12,19)20)6-10(17)15-9-4-3-7(14)5-8(9)13/h3-5H,6,14H2,1-2H3,(H,15,17). The topological polar surface area (TPSA) is 110 Å². The lowest BCUT2D eigenvalue weighted by Gasteiger charge is -2.42. The van der Waals surface area contributed by atoms with E-state index in [2.05, 4.69) is 5.32 Å². The number of anilines is 2. The normalized spacial score (nSPS) is 19.0. The van der Waals surface area contributed by atoms with Crippen molar-refractivity contribution in [3.63, 3.8) is 0 Å². The Morgan fingerprint density at radius 2 is 2.05 bits per heavy atom. The molecule has 2 rings (SSSR count). The average Bonchev–Trinajstić information content (AvgIpc) is 2.38. The predicted octanol–water partition coefficient (Wildman–Crippen LogP) is 0.811. The molecule has 1 fully saturated rings. The van der Waals surface area contributed by atoms with Crippen LogP contribution in [0.2, 0.25) is 5.02 Å². The van der Waals surface area contributed by atoms with Gasteiger partial charge in [0.15, 0.2) is 4.75 Å². The number of nitrogens with one attached hydrogen (secondary N) is 1. The first-order valence-corrected chi connectivity index (χ1v) is 7.81. The van der Waals surface area contributed by atoms with Gasteiger partial charge in [-0.25, -0.2) is 12.7 Å². The number of nitrogens with zero attached hydrogens (tertiary/aromatic N) is 1. The Hall–Kier alpha value is -1.80. The van der Waals surface area contributed by atoms with Crippen molar-refractivity contribution < 1.29 is 18.0 Å². The molecule has 0 aliphatic carbocycles. The Labute approximate surface area is 127 Å². The van der Waals surface area contributed by atoms with Crippen LogP contribution in [0.25, 0.3) is 0 Å². The number of nitrogen functional groups attached to an aromatic ring is 1. The lowest BCUT2D eigenvalue weighted by molar-refractivity contribution is -0.134. The van der Waals surface area contributed by atoms with Gasteiger partial charge in [-0.2, -0.15) is 0 Å². The molecule has 0 spiro atoms. The first-order valence-electron chi connectivity index (χ1n) is 5.99. The van der Waals surface area contributed by atoms with Gasteiger partial charge >= 0.3 is 0 Å². The molecule has 1 aromatic carbocycles. The molecule has 1 saturated heterocycles. The maximum Gasteiger partial charge on any atom is 0.259 e. The van der Waals surface area contributed by atoms with Gasteiger partial charge in [-0.1, -0.05) is 11.6 Å². The van der Waals surface area contributed by atoms with Crippen LogP contribution in [-0.4, -0.2) is 35.8 Å². The van der Waals surface area contributed by atoms with E-state index in [1.165, 1.54) is 32.0 Å². The zero-order valence-electron chi connectivity index (χ0n) is 11.4. The molecule has 0 unspecified atom stereocenters. The molecule has 1 aromatic rings. The third kappa shape index (κ3) is 2.44. The minimum atomic E-state index is -3.78. The molecular weight excluding hydrogens is 318 g/mol. The summed E-state index contributed by atoms with van der Waals surface area (Å²) in [5, 5.41) is 2.66. The molecule has 7 nitrogen and oxygen atoms in total. The van der Waals surface area contributed by atoms with Crippen molar-refractivity contribution in [3.05, 3.63) is 23.2 Å². The monoisotopic (exact) mass is 331 g/mol. The number of sulfonamides is 1. The fraction of sp³-hybridized carbons (Fsp3) is 0.333. The third-order valence-electron chi connectivity index (χ3n) is 3.23. The van der Waals surface area contributed by atoms with Crippen molar-refractivity contribution in [2.75, 3.05) is 17.6 Å². The summed E-state index contributed by atoms with van der Waals surface area (Å²) >= 11 is 5.89. The maximum absolute atomic E-state index is 11.9. The van der Waals surface area contributed by atoms with Crippen LogP contribution in [-0.2, 0) is 19.6 Å². The molecule has 0 aromatic heterocycles. The second-order valence-corrected chi connectivity index (χ2v) is 7.93. The Bertz CT molecular complexity index is 730. The molecule has 1 aliphatic heterocycles. The van der Waals surface area contributed by atoms with E-state index in [-0.39, 0.29) is 5.02 Å². The largest absolute Gasteiger partial charge is 0.399 e. The van der Waals surface area contributed by atoms with Gasteiger partial charge in [0.2, 0.25) is 5.91 Å². The van der Waals surface area contributed by atoms with Gasteiger partial charge in [-0.05, 0) is 32.0 Å². The minimum Gasteiger partial charge on any atom is -0.399 e. The number of nitrogens with two attached hydrogens (primary N) is 1. The first-order chi connectivity index (χ1) is 9.57. The lowest BCUT2D eigenvalue weighted by Crippen LogP contribution is -2.68. The Kier molecular flexibility index (Phi) is 3.63. The molecule has 114 valence electrons. The van der Waals surface area contributed by atoms with Gasteiger partial charge in [0.25, 0.3) is 15.9 Å². The number of amides is 2. The fourth-order valence-corrected chi connectivity index (χ4v) is 3.59. The first kappa shape index (κ1) is 15.6. The summed E-state index contributed by atoms with van der Waals surface area (Å²) < 4.78 is 22.8. The zero-order chi connectivity index (χ0) is 16.0. The minimum absolute atomic E-state index is 0.224. The highest BCUT2D eigenvalue weighted by Crippen LogP contribution is 2.34. The van der Waals surface area contributed by atoms with Crippen molar-refractivity contribution in [3.8, 4) is 0 Å². The molecule has 0 atom stereocenters. The summed E-state index contributed by atoms with van der Waals surface area (Å²) in [4.78, 5) is 23.6. The van der Waals surface area contributed by atoms with Gasteiger partial charge in [0, 0.05) is 5.69 Å². The summed E-state index contributed by atoms with van der Waals surface area (Å²) in [5.74, 6) is -1.27. The molecule has 0 bridgehead atoms. The summed E-state index contributed by atoms with van der Waals surface area (Å²) in [5.41, 5.74) is 6.25. The number of rotatable bonds is 3. The van der Waals surface area contributed by atoms with Gasteiger partial charge in [0.1, 0.15) is 6.54 Å². The van der Waals surface area contributed by atoms with Gasteiger partial charge in [0.05, 0.1) is 10.7 Å². The second-order valence-electron chi connectivity index (χ2n) is 5.11. The molecule has 3 N–H and O–H groups in total. The molecule has 21 heavy (non-hydrogen) atoms. The van der Waals surface area contributed by atoms with Crippen LogP contribution in [0.4, 0.5) is 11.4 Å². The molecule has 2 amide bonds. The van der Waals surface area contributed by atoms with Crippen LogP contribution in [0.15, 0.2) is 18.2 Å². The van der Waals surface area contributed by atoms with E-state index in [4.69, 9.17) is 17.3 Å². The second kappa shape index (κ2) is 4.88. The number of hydrogen-bond acceptors (Lipinski definition) is 5. The fourth-order valence-electron chi connectivity index (χ4n) is 1.87. The van der Waals surface area contributed by atoms with E-state index in [0.717, 1.165) is 0 Å². The summed E-state index contributed by atoms with van der Waals surface area (Å²) in [7, 11) is -3.78. The van der Waals surface area contributed by atoms with Gasteiger partial charge in [-0.3, -0.25) is 9.59 Å². The van der Waals surface area contributed by atoms with E-state index in [1.807, 2.05) is 0 Å². The SMILES string of the molecule is CC1(C)C(=O)N(CC(=O)Nc2ccc(N)cc2Cl)S1(=O)=O. The molecule has 0 saturated carbocycles. The maximum atomic E-state index is 11.9. The molecule has 9 heteroatoms. The molecule has 1 aliphatic rings. The van der Waals surface area contributed by atoms with E-state index in [1.54, 1.807) is 0 Å². The Morgan fingerprint density at radius 3 is 2.57 bits per heavy atom. The summed E-state index contributed by atoms with van der Waals surface area (Å²) in [6, 6.07) is 4.48. The number of halogens is 1. The van der Waals surface area contributed by atoms with Crippen LogP contribution in [0.1, 0.15) is 13.8 Å². The molecular formula is C12H14ClN3O4S. The van der Waals surface area contributed by atoms with Gasteiger partial charge < -0.3 is 11.1 Å². The number of carbonyl (C=O) groups excluding carboxylic acids is 2. The van der Waals surface area contributed by atoms with Crippen molar-refractivity contribution in [1.82, 2.24) is 4.31 Å². The highest BCUT2D eigenvalue weighted by atomic mass is 35.5. The predicted molar refractivity (Wildman–Crippen MR) is 79.2 cm³/mol. The van der Waals surface area contributed by atoms with Crippen LogP contribution in [0.5, 0.6) is 0 Å². The summed E-state index contributed by atoms with van der Waals surface area (Å²) in [6.07, 6.45) is 0. The van der Waals surface area contributed by atoms with Crippen LogP contribution < -0.4 is 11.1 Å². The Morgan fingerprint density at radius 1 is 1.43 bits per heavy atom. The van der Waals surface area contributed by atoms with Crippen LogP contribution >= 0.6 is 11.6 Å². The molecule has 0 radical (unpaired) electrons. The smallest absolute Gasteiger partial charge is 0.259 e.